The van der Waals surface area contributed by atoms with Gasteiger partial charge in [0, 0.05) is 12.5 Å². The Morgan fingerprint density at radius 1 is 1.60 bits per heavy atom. The van der Waals surface area contributed by atoms with Crippen LogP contribution in [0.2, 0.25) is 0 Å². The predicted octanol–water partition coefficient (Wildman–Crippen LogP) is 2.15. The number of halogens is 1. The molecule has 110 valence electrons. The van der Waals surface area contributed by atoms with Crippen LogP contribution in [0.4, 0.5) is 4.39 Å². The summed E-state index contributed by atoms with van der Waals surface area (Å²) in [7, 11) is 1.43. The van der Waals surface area contributed by atoms with E-state index in [0.29, 0.717) is 6.42 Å². The first-order chi connectivity index (χ1) is 9.60. The molecule has 1 saturated heterocycles. The summed E-state index contributed by atoms with van der Waals surface area (Å²) in [5, 5.41) is 6.19. The largest absolute Gasteiger partial charge is 0.494 e. The molecule has 1 heterocycles. The first kappa shape index (κ1) is 14.8. The van der Waals surface area contributed by atoms with Gasteiger partial charge >= 0.3 is 0 Å². The molecule has 1 amide bonds. The molecule has 0 radical (unpaired) electrons. The van der Waals surface area contributed by atoms with Crippen molar-refractivity contribution >= 4 is 5.91 Å². The van der Waals surface area contributed by atoms with Crippen molar-refractivity contribution in [3.8, 4) is 5.75 Å². The highest BCUT2D eigenvalue weighted by molar-refractivity contribution is 5.77. The fourth-order valence-electron chi connectivity index (χ4n) is 2.49. The number of hydrogen-bond donors (Lipinski definition) is 2. The van der Waals surface area contributed by atoms with Crippen LogP contribution < -0.4 is 15.4 Å². The van der Waals surface area contributed by atoms with Crippen molar-refractivity contribution in [2.24, 2.45) is 0 Å². The maximum atomic E-state index is 13.6. The third-order valence-electron chi connectivity index (χ3n) is 3.65. The fraction of sp³-hybridized carbons (Fsp3) is 0.533. The van der Waals surface area contributed by atoms with Gasteiger partial charge in [-0.05, 0) is 44.0 Å². The van der Waals surface area contributed by atoms with Gasteiger partial charge in [0.25, 0.3) is 0 Å². The third kappa shape index (κ3) is 3.70. The molecular formula is C15H21FN2O2. The van der Waals surface area contributed by atoms with E-state index in [2.05, 4.69) is 10.6 Å². The van der Waals surface area contributed by atoms with Crippen LogP contribution >= 0.6 is 0 Å². The molecule has 0 aliphatic carbocycles. The molecular weight excluding hydrogens is 259 g/mol. The number of rotatable bonds is 5. The van der Waals surface area contributed by atoms with Crippen LogP contribution in [0.15, 0.2) is 18.2 Å². The Balaban J connectivity index is 1.91. The van der Waals surface area contributed by atoms with E-state index < -0.39 is 5.82 Å². The minimum absolute atomic E-state index is 0.00636. The topological polar surface area (TPSA) is 50.4 Å². The van der Waals surface area contributed by atoms with Crippen molar-refractivity contribution in [1.29, 1.82) is 0 Å². The highest BCUT2D eigenvalue weighted by Crippen LogP contribution is 2.22. The molecule has 2 atom stereocenters. The van der Waals surface area contributed by atoms with Gasteiger partial charge in [-0.3, -0.25) is 4.79 Å². The smallest absolute Gasteiger partial charge is 0.222 e. The molecule has 0 saturated carbocycles. The average Bonchev–Trinajstić information content (AvgIpc) is 2.91. The SMILES string of the molecule is COc1ccc(C(C)NC(=O)CC2CCCN2)cc1F. The molecule has 1 aromatic rings. The number of methoxy groups -OCH3 is 1. The molecule has 4 nitrogen and oxygen atoms in total. The van der Waals surface area contributed by atoms with E-state index in [4.69, 9.17) is 4.74 Å². The van der Waals surface area contributed by atoms with E-state index in [-0.39, 0.29) is 23.7 Å². The van der Waals surface area contributed by atoms with Crippen molar-refractivity contribution in [3.63, 3.8) is 0 Å². The maximum Gasteiger partial charge on any atom is 0.222 e. The van der Waals surface area contributed by atoms with Gasteiger partial charge in [-0.25, -0.2) is 4.39 Å². The Bertz CT molecular complexity index is 473. The summed E-state index contributed by atoms with van der Waals surface area (Å²) >= 11 is 0. The summed E-state index contributed by atoms with van der Waals surface area (Å²) in [6, 6.07) is 4.79. The molecule has 1 fully saturated rings. The average molecular weight is 280 g/mol. The summed E-state index contributed by atoms with van der Waals surface area (Å²) in [5.41, 5.74) is 0.732. The van der Waals surface area contributed by atoms with E-state index >= 15 is 0 Å². The van der Waals surface area contributed by atoms with Gasteiger partial charge in [0.15, 0.2) is 11.6 Å². The molecule has 2 N–H and O–H groups in total. The third-order valence-corrected chi connectivity index (χ3v) is 3.65. The number of carbonyl (C=O) groups is 1. The molecule has 20 heavy (non-hydrogen) atoms. The van der Waals surface area contributed by atoms with Gasteiger partial charge in [0.1, 0.15) is 0 Å². The number of ether oxygens (including phenoxy) is 1. The van der Waals surface area contributed by atoms with Gasteiger partial charge in [-0.1, -0.05) is 6.07 Å². The Kier molecular flexibility index (Phi) is 4.95. The van der Waals surface area contributed by atoms with Crippen molar-refractivity contribution in [3.05, 3.63) is 29.6 Å². The van der Waals surface area contributed by atoms with E-state index in [1.165, 1.54) is 13.2 Å². The van der Waals surface area contributed by atoms with E-state index in [0.717, 1.165) is 24.9 Å². The van der Waals surface area contributed by atoms with Gasteiger partial charge in [-0.2, -0.15) is 0 Å². The Morgan fingerprint density at radius 3 is 3.00 bits per heavy atom. The van der Waals surface area contributed by atoms with Crippen LogP contribution in [-0.2, 0) is 4.79 Å². The summed E-state index contributed by atoms with van der Waals surface area (Å²) in [4.78, 5) is 11.9. The lowest BCUT2D eigenvalue weighted by Crippen LogP contribution is -2.33. The Morgan fingerprint density at radius 2 is 2.40 bits per heavy atom. The molecule has 0 aromatic heterocycles. The fourth-order valence-corrected chi connectivity index (χ4v) is 2.49. The zero-order chi connectivity index (χ0) is 14.5. The van der Waals surface area contributed by atoms with Crippen molar-refractivity contribution in [1.82, 2.24) is 10.6 Å². The second-order valence-electron chi connectivity index (χ2n) is 5.18. The minimum Gasteiger partial charge on any atom is -0.494 e. The lowest BCUT2D eigenvalue weighted by Gasteiger charge is -2.17. The van der Waals surface area contributed by atoms with Crippen LogP contribution in [0.1, 0.15) is 37.8 Å². The van der Waals surface area contributed by atoms with Crippen molar-refractivity contribution < 1.29 is 13.9 Å². The quantitative estimate of drug-likeness (QED) is 0.869. The molecule has 2 rings (SSSR count). The molecule has 0 bridgehead atoms. The molecule has 1 aromatic carbocycles. The zero-order valence-corrected chi connectivity index (χ0v) is 11.9. The van der Waals surface area contributed by atoms with Gasteiger partial charge in [0.2, 0.25) is 5.91 Å². The Labute approximate surface area is 118 Å². The zero-order valence-electron chi connectivity index (χ0n) is 11.9. The summed E-state index contributed by atoms with van der Waals surface area (Å²) in [5.74, 6) is -0.209. The van der Waals surface area contributed by atoms with E-state index in [9.17, 15) is 9.18 Å². The lowest BCUT2D eigenvalue weighted by atomic mass is 10.1. The number of benzene rings is 1. The van der Waals surface area contributed by atoms with Crippen LogP contribution in [0.25, 0.3) is 0 Å². The lowest BCUT2D eigenvalue weighted by molar-refractivity contribution is -0.122. The number of hydrogen-bond acceptors (Lipinski definition) is 3. The minimum atomic E-state index is -0.413. The molecule has 1 aliphatic rings. The van der Waals surface area contributed by atoms with Gasteiger partial charge in [0.05, 0.1) is 13.2 Å². The van der Waals surface area contributed by atoms with Gasteiger partial charge < -0.3 is 15.4 Å². The number of nitrogens with one attached hydrogen (secondary N) is 2. The standard InChI is InChI=1S/C15H21FN2O2/c1-10(11-5-6-14(20-2)13(16)8-11)18-15(19)9-12-4-3-7-17-12/h5-6,8,10,12,17H,3-4,7,9H2,1-2H3,(H,18,19). The highest BCUT2D eigenvalue weighted by Gasteiger charge is 2.19. The van der Waals surface area contributed by atoms with Crippen LogP contribution in [0, 0.1) is 5.82 Å². The monoisotopic (exact) mass is 280 g/mol. The summed E-state index contributed by atoms with van der Waals surface area (Å²) < 4.78 is 18.5. The van der Waals surface area contributed by atoms with Crippen LogP contribution in [0.5, 0.6) is 5.75 Å². The summed E-state index contributed by atoms with van der Waals surface area (Å²) in [6.07, 6.45) is 2.64. The second-order valence-corrected chi connectivity index (χ2v) is 5.18. The molecule has 2 unspecified atom stereocenters. The predicted molar refractivity (Wildman–Crippen MR) is 75.2 cm³/mol. The van der Waals surface area contributed by atoms with Gasteiger partial charge in [-0.15, -0.1) is 0 Å². The van der Waals surface area contributed by atoms with Crippen LogP contribution in [0.3, 0.4) is 0 Å². The molecule has 1 aliphatic heterocycles. The highest BCUT2D eigenvalue weighted by atomic mass is 19.1. The maximum absolute atomic E-state index is 13.6. The Hall–Kier alpha value is -1.62. The molecule has 0 spiro atoms. The first-order valence-corrected chi connectivity index (χ1v) is 6.96. The molecule has 5 heteroatoms. The second kappa shape index (κ2) is 6.70. The van der Waals surface area contributed by atoms with Crippen molar-refractivity contribution in [2.45, 2.75) is 38.3 Å². The summed E-state index contributed by atoms with van der Waals surface area (Å²) in [6.45, 7) is 2.83. The number of amides is 1. The van der Waals surface area contributed by atoms with E-state index in [1.54, 1.807) is 12.1 Å². The van der Waals surface area contributed by atoms with E-state index in [1.807, 2.05) is 6.92 Å². The first-order valence-electron chi connectivity index (χ1n) is 6.96. The van der Waals surface area contributed by atoms with Crippen molar-refractivity contribution in [2.75, 3.05) is 13.7 Å². The normalized spacial score (nSPS) is 19.6. The number of carbonyl (C=O) groups excluding carboxylic acids is 1. The van der Waals surface area contributed by atoms with Crippen LogP contribution in [-0.4, -0.2) is 25.6 Å².